The van der Waals surface area contributed by atoms with Crippen molar-refractivity contribution in [2.75, 3.05) is 12.3 Å². The topological polar surface area (TPSA) is 111 Å². The molecule has 1 aliphatic rings. The number of aliphatic hydroxyl groups is 2. The normalized spacial score (nSPS) is 26.6. The van der Waals surface area contributed by atoms with Gasteiger partial charge in [0.15, 0.2) is 12.4 Å². The minimum atomic E-state index is -1.85. The zero-order valence-electron chi connectivity index (χ0n) is 12.7. The van der Waals surface area contributed by atoms with Crippen LogP contribution in [0.5, 0.6) is 0 Å². The van der Waals surface area contributed by atoms with Gasteiger partial charge in [0, 0.05) is 18.2 Å². The summed E-state index contributed by atoms with van der Waals surface area (Å²) < 4.78 is 20.5. The van der Waals surface area contributed by atoms with Gasteiger partial charge in [0.05, 0.1) is 6.61 Å². The summed E-state index contributed by atoms with van der Waals surface area (Å²) in [5, 5.41) is 18.8. The number of rotatable bonds is 4. The van der Waals surface area contributed by atoms with Crippen LogP contribution >= 0.6 is 0 Å². The first kappa shape index (κ1) is 16.6. The van der Waals surface area contributed by atoms with Crippen LogP contribution in [0.3, 0.4) is 0 Å². The van der Waals surface area contributed by atoms with E-state index >= 15 is 0 Å². The molecule has 1 aromatic carbocycles. The molecule has 128 valence electrons. The van der Waals surface area contributed by atoms with Crippen LogP contribution < -0.4 is 11.4 Å². The number of anilines is 1. The van der Waals surface area contributed by atoms with Crippen molar-refractivity contribution in [1.29, 1.82) is 0 Å². The molecule has 1 aromatic heterocycles. The molecule has 0 aliphatic carbocycles. The number of aliphatic hydroxyl groups excluding tert-OH is 2. The van der Waals surface area contributed by atoms with Gasteiger partial charge in [-0.1, -0.05) is 30.3 Å². The van der Waals surface area contributed by atoms with E-state index in [4.69, 9.17) is 15.6 Å². The fourth-order valence-electron chi connectivity index (χ4n) is 2.73. The lowest BCUT2D eigenvalue weighted by molar-refractivity contribution is -0.0491. The third-order valence-corrected chi connectivity index (χ3v) is 4.05. The number of alkyl halides is 1. The van der Waals surface area contributed by atoms with Crippen molar-refractivity contribution in [3.63, 3.8) is 0 Å². The Morgan fingerprint density at radius 3 is 2.67 bits per heavy atom. The Hall–Kier alpha value is -2.29. The number of hydrogen-bond acceptors (Lipinski definition) is 6. The van der Waals surface area contributed by atoms with E-state index in [1.54, 1.807) is 0 Å². The van der Waals surface area contributed by atoms with E-state index in [0.29, 0.717) is 12.0 Å². The monoisotopic (exact) mass is 335 g/mol. The molecule has 24 heavy (non-hydrogen) atoms. The highest BCUT2D eigenvalue weighted by Gasteiger charge is 2.45. The molecule has 2 heterocycles. The molecule has 1 aliphatic heterocycles. The number of ether oxygens (including phenoxy) is 1. The molecule has 1 saturated heterocycles. The highest BCUT2D eigenvalue weighted by molar-refractivity contribution is 5.40. The van der Waals surface area contributed by atoms with Crippen LogP contribution in [0.1, 0.15) is 17.4 Å². The standard InChI is InChI=1S/C16H18FN3O4/c17-12-13(22)11(8-21)24-15(12)20-7-10(14(18)19-16(20)23)6-9-4-2-1-3-5-9/h1-5,7,11-13,15,21-22H,6,8H2,(H2,18,19,23)/t11-,12+,13-,15-/m1/s1. The summed E-state index contributed by atoms with van der Waals surface area (Å²) in [6, 6.07) is 9.40. The first-order chi connectivity index (χ1) is 11.5. The summed E-state index contributed by atoms with van der Waals surface area (Å²) in [7, 11) is 0. The van der Waals surface area contributed by atoms with Crippen molar-refractivity contribution in [1.82, 2.24) is 9.55 Å². The second-order valence-corrected chi connectivity index (χ2v) is 5.69. The third kappa shape index (κ3) is 3.03. The lowest BCUT2D eigenvalue weighted by atomic mass is 10.1. The number of benzene rings is 1. The molecule has 3 rings (SSSR count). The molecule has 0 spiro atoms. The van der Waals surface area contributed by atoms with Gasteiger partial charge in [0.1, 0.15) is 18.0 Å². The Balaban J connectivity index is 1.94. The summed E-state index contributed by atoms with van der Waals surface area (Å²) in [4.78, 5) is 15.8. The highest BCUT2D eigenvalue weighted by atomic mass is 19.1. The van der Waals surface area contributed by atoms with Gasteiger partial charge in [-0.15, -0.1) is 0 Å². The summed E-state index contributed by atoms with van der Waals surface area (Å²) in [6.07, 6.45) is -4.01. The largest absolute Gasteiger partial charge is 0.394 e. The number of halogens is 1. The minimum Gasteiger partial charge on any atom is -0.394 e. The van der Waals surface area contributed by atoms with Crippen molar-refractivity contribution in [2.24, 2.45) is 0 Å². The smallest absolute Gasteiger partial charge is 0.351 e. The van der Waals surface area contributed by atoms with Gasteiger partial charge >= 0.3 is 5.69 Å². The first-order valence-corrected chi connectivity index (χ1v) is 7.51. The zero-order chi connectivity index (χ0) is 17.3. The van der Waals surface area contributed by atoms with Crippen LogP contribution in [0.4, 0.5) is 10.2 Å². The van der Waals surface area contributed by atoms with Crippen molar-refractivity contribution in [2.45, 2.75) is 31.0 Å². The van der Waals surface area contributed by atoms with Gasteiger partial charge in [-0.3, -0.25) is 4.57 Å². The van der Waals surface area contributed by atoms with Gasteiger partial charge < -0.3 is 20.7 Å². The van der Waals surface area contributed by atoms with Crippen LogP contribution in [0.2, 0.25) is 0 Å². The maximum atomic E-state index is 14.2. The third-order valence-electron chi connectivity index (χ3n) is 4.05. The number of nitrogens with zero attached hydrogens (tertiary/aromatic N) is 2. The number of nitrogens with two attached hydrogens (primary N) is 1. The molecule has 0 amide bonds. The van der Waals surface area contributed by atoms with Crippen LogP contribution in [0.25, 0.3) is 0 Å². The molecule has 8 heteroatoms. The zero-order valence-corrected chi connectivity index (χ0v) is 12.7. The Labute approximate surface area is 137 Å². The average Bonchev–Trinajstić information content (AvgIpc) is 2.86. The predicted octanol–water partition coefficient (Wildman–Crippen LogP) is 0.00500. The maximum Gasteiger partial charge on any atom is 0.351 e. The van der Waals surface area contributed by atoms with Crippen molar-refractivity contribution < 1.29 is 19.3 Å². The fourth-order valence-corrected chi connectivity index (χ4v) is 2.73. The lowest BCUT2D eigenvalue weighted by Crippen LogP contribution is -2.34. The van der Waals surface area contributed by atoms with E-state index in [-0.39, 0.29) is 5.82 Å². The van der Waals surface area contributed by atoms with Crippen LogP contribution in [-0.2, 0) is 11.2 Å². The van der Waals surface area contributed by atoms with Gasteiger partial charge in [0.2, 0.25) is 0 Å². The maximum absolute atomic E-state index is 14.2. The Morgan fingerprint density at radius 1 is 1.33 bits per heavy atom. The van der Waals surface area contributed by atoms with E-state index in [1.807, 2.05) is 30.3 Å². The molecule has 2 aromatic rings. The number of aromatic nitrogens is 2. The summed E-state index contributed by atoms with van der Waals surface area (Å²) in [6.45, 7) is -0.549. The Bertz CT molecular complexity index is 768. The molecule has 4 N–H and O–H groups in total. The minimum absolute atomic E-state index is 0.0627. The van der Waals surface area contributed by atoms with Crippen molar-refractivity contribution >= 4 is 5.82 Å². The predicted molar refractivity (Wildman–Crippen MR) is 84.1 cm³/mol. The van der Waals surface area contributed by atoms with Crippen molar-refractivity contribution in [3.05, 3.63) is 58.1 Å². The van der Waals surface area contributed by atoms with E-state index in [9.17, 15) is 14.3 Å². The summed E-state index contributed by atoms with van der Waals surface area (Å²) in [5.74, 6) is 0.0627. The van der Waals surface area contributed by atoms with Gasteiger partial charge in [-0.05, 0) is 5.56 Å². The van der Waals surface area contributed by atoms with Crippen molar-refractivity contribution in [3.8, 4) is 0 Å². The van der Waals surface area contributed by atoms with E-state index in [1.165, 1.54) is 6.20 Å². The van der Waals surface area contributed by atoms with Crippen LogP contribution in [0.15, 0.2) is 41.3 Å². The van der Waals surface area contributed by atoms with E-state index < -0.39 is 36.9 Å². The SMILES string of the molecule is Nc1nc(=O)n([C@@H]2O[C@H](CO)[C@@H](O)[C@@H]2F)cc1Cc1ccccc1. The second-order valence-electron chi connectivity index (χ2n) is 5.69. The fraction of sp³-hybridized carbons (Fsp3) is 0.375. The quantitative estimate of drug-likeness (QED) is 0.726. The Morgan fingerprint density at radius 2 is 2.04 bits per heavy atom. The molecule has 7 nitrogen and oxygen atoms in total. The highest BCUT2D eigenvalue weighted by Crippen LogP contribution is 2.31. The average molecular weight is 335 g/mol. The van der Waals surface area contributed by atoms with Crippen LogP contribution in [-0.4, -0.2) is 44.8 Å². The van der Waals surface area contributed by atoms with Gasteiger partial charge in [-0.25, -0.2) is 9.18 Å². The molecule has 0 unspecified atom stereocenters. The van der Waals surface area contributed by atoms with E-state index in [0.717, 1.165) is 10.1 Å². The summed E-state index contributed by atoms with van der Waals surface area (Å²) >= 11 is 0. The molecular weight excluding hydrogens is 317 g/mol. The van der Waals surface area contributed by atoms with Crippen LogP contribution in [0, 0.1) is 0 Å². The second kappa shape index (κ2) is 6.68. The van der Waals surface area contributed by atoms with Gasteiger partial charge in [-0.2, -0.15) is 4.98 Å². The number of hydrogen-bond donors (Lipinski definition) is 3. The summed E-state index contributed by atoms with van der Waals surface area (Å²) in [5.41, 5.74) is 6.52. The lowest BCUT2D eigenvalue weighted by Gasteiger charge is -2.17. The molecule has 0 saturated carbocycles. The molecule has 1 fully saturated rings. The van der Waals surface area contributed by atoms with E-state index in [2.05, 4.69) is 4.98 Å². The molecule has 0 radical (unpaired) electrons. The molecular formula is C16H18FN3O4. The molecule has 0 bridgehead atoms. The van der Waals surface area contributed by atoms with Gasteiger partial charge in [0.25, 0.3) is 0 Å². The Kier molecular flexibility index (Phi) is 4.61. The number of nitrogen functional groups attached to an aromatic ring is 1. The molecule has 4 atom stereocenters. The first-order valence-electron chi connectivity index (χ1n) is 7.51.